The highest BCUT2D eigenvalue weighted by Crippen LogP contribution is 2.48. The SMILES string of the molecule is Cc1cc2c(c(C(C)Nc3ccccc3C(=O)OC(C)(C)C)c1)OC(c1ccccc1)C(C(F)(F)F)C2=O. The maximum atomic E-state index is 14.1. The number of halogens is 3. The first kappa shape index (κ1) is 27.2. The van der Waals surface area contributed by atoms with E-state index in [4.69, 9.17) is 9.47 Å². The first-order valence-electron chi connectivity index (χ1n) is 12.3. The van der Waals surface area contributed by atoms with Crippen LogP contribution < -0.4 is 10.1 Å². The van der Waals surface area contributed by atoms with Crippen LogP contribution in [0.2, 0.25) is 0 Å². The highest BCUT2D eigenvalue weighted by molar-refractivity contribution is 6.03. The number of para-hydroxylation sites is 1. The van der Waals surface area contributed by atoms with Crippen LogP contribution in [-0.2, 0) is 4.74 Å². The quantitative estimate of drug-likeness (QED) is 0.347. The molecule has 0 saturated carbocycles. The van der Waals surface area contributed by atoms with Gasteiger partial charge in [0.1, 0.15) is 17.5 Å². The van der Waals surface area contributed by atoms with Crippen molar-refractivity contribution in [3.05, 3.63) is 94.5 Å². The van der Waals surface area contributed by atoms with Crippen molar-refractivity contribution in [1.82, 2.24) is 0 Å². The van der Waals surface area contributed by atoms with E-state index in [2.05, 4.69) is 5.32 Å². The lowest BCUT2D eigenvalue weighted by atomic mass is 9.83. The monoisotopic (exact) mass is 525 g/mol. The normalized spacial score (nSPS) is 18.3. The molecule has 38 heavy (non-hydrogen) atoms. The molecule has 5 nitrogen and oxygen atoms in total. The van der Waals surface area contributed by atoms with Crippen LogP contribution >= 0.6 is 0 Å². The van der Waals surface area contributed by atoms with Gasteiger partial charge in [0.25, 0.3) is 0 Å². The predicted octanol–water partition coefficient (Wildman–Crippen LogP) is 7.62. The molecule has 3 atom stereocenters. The fraction of sp³-hybridized carbons (Fsp3) is 0.333. The number of nitrogens with one attached hydrogen (secondary N) is 1. The minimum Gasteiger partial charge on any atom is -0.483 e. The molecule has 1 aliphatic rings. The smallest absolute Gasteiger partial charge is 0.402 e. The summed E-state index contributed by atoms with van der Waals surface area (Å²) >= 11 is 0. The summed E-state index contributed by atoms with van der Waals surface area (Å²) in [5.74, 6) is -3.77. The number of fused-ring (bicyclic) bond motifs is 1. The molecular weight excluding hydrogens is 495 g/mol. The molecule has 3 aromatic rings. The highest BCUT2D eigenvalue weighted by Gasteiger charge is 2.54. The lowest BCUT2D eigenvalue weighted by molar-refractivity contribution is -0.183. The highest BCUT2D eigenvalue weighted by atomic mass is 19.4. The number of esters is 1. The second-order valence-electron chi connectivity index (χ2n) is 10.5. The Morgan fingerprint density at radius 1 is 1.00 bits per heavy atom. The third kappa shape index (κ3) is 5.69. The molecule has 1 heterocycles. The van der Waals surface area contributed by atoms with Crippen molar-refractivity contribution in [2.24, 2.45) is 5.92 Å². The fourth-order valence-electron chi connectivity index (χ4n) is 4.59. The van der Waals surface area contributed by atoms with Crippen LogP contribution in [0.15, 0.2) is 66.7 Å². The first-order valence-corrected chi connectivity index (χ1v) is 12.3. The standard InChI is InChI=1S/C30H30F3NO4/c1-17-15-21(18(2)34-23-14-10-9-13-20(23)28(36)38-29(3,4)5)27-22(16-17)25(35)24(30(31,32)33)26(37-27)19-11-7-6-8-12-19/h6-16,18,24,26,34H,1-5H3. The second kappa shape index (κ2) is 10.2. The van der Waals surface area contributed by atoms with Crippen LogP contribution in [0.3, 0.4) is 0 Å². The Balaban J connectivity index is 1.75. The number of hydrogen-bond acceptors (Lipinski definition) is 5. The molecule has 3 aromatic carbocycles. The minimum absolute atomic E-state index is 0.102. The molecule has 0 aromatic heterocycles. The van der Waals surface area contributed by atoms with Gasteiger partial charge in [0.15, 0.2) is 11.7 Å². The average molecular weight is 526 g/mol. The van der Waals surface area contributed by atoms with Crippen molar-refractivity contribution in [2.45, 2.75) is 58.5 Å². The van der Waals surface area contributed by atoms with E-state index in [-0.39, 0.29) is 16.9 Å². The van der Waals surface area contributed by atoms with Crippen molar-refractivity contribution in [2.75, 3.05) is 5.32 Å². The fourth-order valence-corrected chi connectivity index (χ4v) is 4.59. The second-order valence-corrected chi connectivity index (χ2v) is 10.5. The number of rotatable bonds is 5. The average Bonchev–Trinajstić information content (AvgIpc) is 2.82. The third-order valence-electron chi connectivity index (χ3n) is 6.22. The third-order valence-corrected chi connectivity index (χ3v) is 6.22. The number of anilines is 1. The van der Waals surface area contributed by atoms with Crippen molar-refractivity contribution >= 4 is 17.4 Å². The molecule has 0 amide bonds. The minimum atomic E-state index is -4.80. The summed E-state index contributed by atoms with van der Waals surface area (Å²) in [5.41, 5.74) is 1.38. The van der Waals surface area contributed by atoms with Gasteiger partial charge in [-0.3, -0.25) is 4.79 Å². The van der Waals surface area contributed by atoms with Gasteiger partial charge in [-0.05, 0) is 63.9 Å². The van der Waals surface area contributed by atoms with E-state index in [1.54, 1.807) is 83.1 Å². The summed E-state index contributed by atoms with van der Waals surface area (Å²) in [6.07, 6.45) is -6.33. The molecule has 0 spiro atoms. The van der Waals surface area contributed by atoms with Crippen molar-refractivity contribution < 1.29 is 32.2 Å². The first-order chi connectivity index (χ1) is 17.8. The molecule has 4 rings (SSSR count). The zero-order valence-electron chi connectivity index (χ0n) is 21.8. The van der Waals surface area contributed by atoms with E-state index < -0.39 is 41.6 Å². The molecule has 0 radical (unpaired) electrons. The van der Waals surface area contributed by atoms with Crippen LogP contribution in [-0.4, -0.2) is 23.5 Å². The number of carbonyl (C=O) groups is 2. The Labute approximate surface area is 220 Å². The van der Waals surface area contributed by atoms with Crippen LogP contribution in [0.5, 0.6) is 5.75 Å². The van der Waals surface area contributed by atoms with Crippen LogP contribution in [0, 0.1) is 12.8 Å². The van der Waals surface area contributed by atoms with Gasteiger partial charge in [-0.25, -0.2) is 4.79 Å². The van der Waals surface area contributed by atoms with Gasteiger partial charge in [0, 0.05) is 11.3 Å². The summed E-state index contributed by atoms with van der Waals surface area (Å²) in [4.78, 5) is 26.1. The number of Topliss-reactive ketones (excluding diaryl/α,β-unsaturated/α-hetero) is 1. The largest absolute Gasteiger partial charge is 0.483 e. The van der Waals surface area contributed by atoms with Gasteiger partial charge in [0.2, 0.25) is 0 Å². The van der Waals surface area contributed by atoms with Gasteiger partial charge >= 0.3 is 12.1 Å². The van der Waals surface area contributed by atoms with E-state index in [1.807, 2.05) is 0 Å². The van der Waals surface area contributed by atoms with Gasteiger partial charge in [-0.15, -0.1) is 0 Å². The molecule has 0 fully saturated rings. The van der Waals surface area contributed by atoms with Crippen LogP contribution in [0.1, 0.15) is 77.2 Å². The predicted molar refractivity (Wildman–Crippen MR) is 139 cm³/mol. The number of hydrogen-bond donors (Lipinski definition) is 1. The molecule has 8 heteroatoms. The van der Waals surface area contributed by atoms with Gasteiger partial charge in [0.05, 0.1) is 17.2 Å². The van der Waals surface area contributed by atoms with Crippen molar-refractivity contribution in [3.63, 3.8) is 0 Å². The van der Waals surface area contributed by atoms with E-state index in [9.17, 15) is 22.8 Å². The molecule has 1 N–H and O–H groups in total. The molecule has 0 aliphatic carbocycles. The van der Waals surface area contributed by atoms with Gasteiger partial charge in [-0.1, -0.05) is 48.5 Å². The Bertz CT molecular complexity index is 1350. The summed E-state index contributed by atoms with van der Waals surface area (Å²) in [6, 6.07) is 17.5. The molecule has 0 bridgehead atoms. The summed E-state index contributed by atoms with van der Waals surface area (Å²) in [6.45, 7) is 8.82. The van der Waals surface area contributed by atoms with Crippen molar-refractivity contribution in [1.29, 1.82) is 0 Å². The molecule has 200 valence electrons. The number of carbonyl (C=O) groups excluding carboxylic acids is 2. The van der Waals surface area contributed by atoms with E-state index in [1.165, 1.54) is 18.2 Å². The van der Waals surface area contributed by atoms with E-state index >= 15 is 0 Å². The zero-order chi connectivity index (χ0) is 27.8. The Morgan fingerprint density at radius 2 is 1.63 bits per heavy atom. The molecular formula is C30H30F3NO4. The Kier molecular flexibility index (Phi) is 7.28. The topological polar surface area (TPSA) is 64.6 Å². The van der Waals surface area contributed by atoms with Crippen LogP contribution in [0.25, 0.3) is 0 Å². The van der Waals surface area contributed by atoms with Crippen molar-refractivity contribution in [3.8, 4) is 5.75 Å². The number of benzene rings is 3. The molecule has 1 aliphatic heterocycles. The van der Waals surface area contributed by atoms with Crippen LogP contribution in [0.4, 0.5) is 18.9 Å². The number of ketones is 1. The Hall–Kier alpha value is -3.81. The maximum Gasteiger partial charge on any atom is 0.402 e. The van der Waals surface area contributed by atoms with E-state index in [0.717, 1.165) is 0 Å². The summed E-state index contributed by atoms with van der Waals surface area (Å²) in [7, 11) is 0. The van der Waals surface area contributed by atoms with Gasteiger partial charge < -0.3 is 14.8 Å². The van der Waals surface area contributed by atoms with E-state index in [0.29, 0.717) is 22.4 Å². The summed E-state index contributed by atoms with van der Waals surface area (Å²) in [5, 5.41) is 3.27. The number of ether oxygens (including phenoxy) is 2. The zero-order valence-corrected chi connectivity index (χ0v) is 21.8. The Morgan fingerprint density at radius 3 is 2.26 bits per heavy atom. The molecule has 3 unspecified atom stereocenters. The number of alkyl halides is 3. The maximum absolute atomic E-state index is 14.1. The lowest BCUT2D eigenvalue weighted by Crippen LogP contribution is -2.42. The number of aryl methyl sites for hydroxylation is 1. The van der Waals surface area contributed by atoms with Gasteiger partial charge in [-0.2, -0.15) is 13.2 Å². The lowest BCUT2D eigenvalue weighted by Gasteiger charge is -2.36. The summed E-state index contributed by atoms with van der Waals surface area (Å²) < 4.78 is 54.0. The molecule has 0 saturated heterocycles.